The zero-order valence-corrected chi connectivity index (χ0v) is 20.0. The molecule has 1 aliphatic rings. The second kappa shape index (κ2) is 10.0. The third-order valence-corrected chi connectivity index (χ3v) is 7.88. The van der Waals surface area contributed by atoms with Crippen molar-refractivity contribution >= 4 is 45.0 Å². The van der Waals surface area contributed by atoms with Crippen molar-refractivity contribution in [3.63, 3.8) is 0 Å². The average molecular weight is 493 g/mol. The highest BCUT2D eigenvalue weighted by Crippen LogP contribution is 2.30. The van der Waals surface area contributed by atoms with Crippen LogP contribution in [0, 0.1) is 6.92 Å². The average Bonchev–Trinajstić information content (AvgIpc) is 3.07. The molecule has 176 valence electrons. The number of hydrogen-bond donors (Lipinski definition) is 2. The number of rotatable bonds is 8. The number of benzene rings is 2. The van der Waals surface area contributed by atoms with Crippen LogP contribution in [0.2, 0.25) is 5.02 Å². The molecule has 1 atom stereocenters. The van der Waals surface area contributed by atoms with Gasteiger partial charge >= 0.3 is 0 Å². The van der Waals surface area contributed by atoms with Gasteiger partial charge in [-0.25, -0.2) is 18.7 Å². The molecule has 1 heterocycles. The zero-order chi connectivity index (χ0) is 24.3. The lowest BCUT2D eigenvalue weighted by molar-refractivity contribution is -0.121. The maximum Gasteiger partial charge on any atom is 0.265 e. The number of carbonyl (C=O) groups is 3. The van der Waals surface area contributed by atoms with Crippen LogP contribution in [0.25, 0.3) is 0 Å². The van der Waals surface area contributed by atoms with Crippen LogP contribution in [-0.4, -0.2) is 49.6 Å². The smallest absolute Gasteiger partial charge is 0.265 e. The standard InChI is InChI=1S/C22H25ClN4O5S/c1-4-26(5-2)33(31,32)16-9-6-8-15(12-16)21(29)25-24-18-13-20(28)27(22(18)30)19-11-7-10-17(23)14(19)3/h6-12,18,24H,4-5,13H2,1-3H3,(H,25,29)/t18-/m1/s1. The predicted octanol–water partition coefficient (Wildman–Crippen LogP) is 2.25. The molecule has 1 fully saturated rings. The van der Waals surface area contributed by atoms with Gasteiger partial charge in [-0.3, -0.25) is 19.8 Å². The normalized spacial score (nSPS) is 16.5. The van der Waals surface area contributed by atoms with Crippen LogP contribution in [0.5, 0.6) is 0 Å². The number of imide groups is 1. The van der Waals surface area contributed by atoms with E-state index in [1.165, 1.54) is 28.6 Å². The molecule has 11 heteroatoms. The number of sulfonamides is 1. The van der Waals surface area contributed by atoms with Gasteiger partial charge in [-0.15, -0.1) is 0 Å². The Morgan fingerprint density at radius 3 is 2.48 bits per heavy atom. The van der Waals surface area contributed by atoms with Gasteiger partial charge in [0.1, 0.15) is 6.04 Å². The second-order valence-electron chi connectivity index (χ2n) is 7.42. The third kappa shape index (κ3) is 4.93. The van der Waals surface area contributed by atoms with Gasteiger partial charge in [-0.2, -0.15) is 4.31 Å². The fourth-order valence-electron chi connectivity index (χ4n) is 3.57. The lowest BCUT2D eigenvalue weighted by atomic mass is 10.2. The van der Waals surface area contributed by atoms with Crippen LogP contribution >= 0.6 is 11.6 Å². The minimum Gasteiger partial charge on any atom is -0.287 e. The fourth-order valence-corrected chi connectivity index (χ4v) is 5.25. The van der Waals surface area contributed by atoms with Gasteiger partial charge in [0.05, 0.1) is 17.0 Å². The molecule has 0 saturated carbocycles. The highest BCUT2D eigenvalue weighted by molar-refractivity contribution is 7.89. The molecule has 0 spiro atoms. The van der Waals surface area contributed by atoms with Gasteiger partial charge in [0.15, 0.2) is 0 Å². The van der Waals surface area contributed by atoms with Crippen molar-refractivity contribution in [1.82, 2.24) is 15.2 Å². The zero-order valence-electron chi connectivity index (χ0n) is 18.5. The van der Waals surface area contributed by atoms with E-state index in [4.69, 9.17) is 11.6 Å². The van der Waals surface area contributed by atoms with E-state index in [1.54, 1.807) is 39.0 Å². The number of nitrogens with zero attached hydrogens (tertiary/aromatic N) is 2. The van der Waals surface area contributed by atoms with Crippen LogP contribution in [0.3, 0.4) is 0 Å². The molecule has 0 bridgehead atoms. The number of amides is 3. The monoisotopic (exact) mass is 492 g/mol. The molecule has 33 heavy (non-hydrogen) atoms. The Bertz CT molecular complexity index is 1200. The molecule has 9 nitrogen and oxygen atoms in total. The van der Waals surface area contributed by atoms with Gasteiger partial charge in [0.25, 0.3) is 11.8 Å². The van der Waals surface area contributed by atoms with E-state index in [0.717, 1.165) is 4.90 Å². The molecule has 1 aliphatic heterocycles. The van der Waals surface area contributed by atoms with Crippen molar-refractivity contribution < 1.29 is 22.8 Å². The molecule has 0 radical (unpaired) electrons. The Hall–Kier alpha value is -2.79. The summed E-state index contributed by atoms with van der Waals surface area (Å²) in [6.07, 6.45) is -0.151. The van der Waals surface area contributed by atoms with Crippen LogP contribution in [0.4, 0.5) is 5.69 Å². The Morgan fingerprint density at radius 2 is 1.82 bits per heavy atom. The summed E-state index contributed by atoms with van der Waals surface area (Å²) in [6.45, 7) is 5.78. The number of nitrogens with one attached hydrogen (secondary N) is 2. The number of halogens is 1. The minimum atomic E-state index is -3.73. The number of hydrazine groups is 1. The van der Waals surface area contributed by atoms with Crippen LogP contribution in [-0.2, 0) is 19.6 Å². The summed E-state index contributed by atoms with van der Waals surface area (Å²) in [5, 5.41) is 0.428. The Balaban J connectivity index is 1.72. The Labute approximate surface area is 197 Å². The van der Waals surface area contributed by atoms with E-state index in [2.05, 4.69) is 10.9 Å². The molecule has 3 rings (SSSR count). The van der Waals surface area contributed by atoms with E-state index in [-0.39, 0.29) is 16.9 Å². The van der Waals surface area contributed by atoms with Gasteiger partial charge in [0, 0.05) is 23.7 Å². The lowest BCUT2D eigenvalue weighted by Crippen LogP contribution is -2.48. The lowest BCUT2D eigenvalue weighted by Gasteiger charge is -2.19. The molecule has 1 saturated heterocycles. The minimum absolute atomic E-state index is 0.00595. The first-order chi connectivity index (χ1) is 15.6. The van der Waals surface area contributed by atoms with Crippen LogP contribution in [0.1, 0.15) is 36.2 Å². The van der Waals surface area contributed by atoms with Gasteiger partial charge in [-0.05, 0) is 42.8 Å². The van der Waals surface area contributed by atoms with E-state index in [1.807, 2.05) is 0 Å². The number of hydrogen-bond acceptors (Lipinski definition) is 6. The molecule has 2 aromatic rings. The Kier molecular flexibility index (Phi) is 7.53. The summed E-state index contributed by atoms with van der Waals surface area (Å²) in [7, 11) is -3.73. The van der Waals surface area contributed by atoms with Crippen molar-refractivity contribution in [3.8, 4) is 0 Å². The topological polar surface area (TPSA) is 116 Å². The van der Waals surface area contributed by atoms with Crippen LogP contribution < -0.4 is 15.8 Å². The van der Waals surface area contributed by atoms with Crippen molar-refractivity contribution in [1.29, 1.82) is 0 Å². The summed E-state index contributed by atoms with van der Waals surface area (Å²) in [6, 6.07) is 9.59. The highest BCUT2D eigenvalue weighted by Gasteiger charge is 2.40. The van der Waals surface area contributed by atoms with Crippen molar-refractivity contribution in [3.05, 3.63) is 58.6 Å². The van der Waals surface area contributed by atoms with E-state index >= 15 is 0 Å². The first-order valence-corrected chi connectivity index (χ1v) is 12.2. The number of carbonyl (C=O) groups excluding carboxylic acids is 3. The van der Waals surface area contributed by atoms with E-state index < -0.39 is 33.8 Å². The SMILES string of the molecule is CCN(CC)S(=O)(=O)c1cccc(C(=O)NN[C@@H]2CC(=O)N(c3cccc(Cl)c3C)C2=O)c1. The van der Waals surface area contributed by atoms with Gasteiger partial charge in [-0.1, -0.05) is 37.6 Å². The second-order valence-corrected chi connectivity index (χ2v) is 9.77. The maximum absolute atomic E-state index is 12.8. The van der Waals surface area contributed by atoms with Gasteiger partial charge in [0.2, 0.25) is 15.9 Å². The van der Waals surface area contributed by atoms with Crippen molar-refractivity contribution in [2.75, 3.05) is 18.0 Å². The molecule has 0 aromatic heterocycles. The highest BCUT2D eigenvalue weighted by atomic mass is 35.5. The summed E-state index contributed by atoms with van der Waals surface area (Å²) in [5.41, 5.74) is 6.07. The first kappa shape index (κ1) is 24.8. The summed E-state index contributed by atoms with van der Waals surface area (Å²) in [5.74, 6) is -1.59. The molecule has 2 aromatic carbocycles. The number of anilines is 1. The van der Waals surface area contributed by atoms with E-state index in [0.29, 0.717) is 29.4 Å². The maximum atomic E-state index is 12.8. The molecular formula is C22H25ClN4O5S. The van der Waals surface area contributed by atoms with Crippen molar-refractivity contribution in [2.24, 2.45) is 0 Å². The molecule has 0 aliphatic carbocycles. The Morgan fingerprint density at radius 1 is 1.15 bits per heavy atom. The summed E-state index contributed by atoms with van der Waals surface area (Å²) < 4.78 is 26.7. The molecule has 2 N–H and O–H groups in total. The van der Waals surface area contributed by atoms with Gasteiger partial charge < -0.3 is 0 Å². The molecule has 0 unspecified atom stereocenters. The third-order valence-electron chi connectivity index (χ3n) is 5.43. The molecular weight excluding hydrogens is 468 g/mol. The predicted molar refractivity (Wildman–Crippen MR) is 124 cm³/mol. The van der Waals surface area contributed by atoms with Crippen LogP contribution in [0.15, 0.2) is 47.4 Å². The summed E-state index contributed by atoms with van der Waals surface area (Å²) >= 11 is 6.11. The van der Waals surface area contributed by atoms with E-state index in [9.17, 15) is 22.8 Å². The first-order valence-electron chi connectivity index (χ1n) is 10.4. The molecule has 3 amide bonds. The van der Waals surface area contributed by atoms with Crippen molar-refractivity contribution in [2.45, 2.75) is 38.1 Å². The quantitative estimate of drug-likeness (QED) is 0.431. The summed E-state index contributed by atoms with van der Waals surface area (Å²) in [4.78, 5) is 39.0. The fraction of sp³-hybridized carbons (Fsp3) is 0.318. The largest absolute Gasteiger partial charge is 0.287 e.